The van der Waals surface area contributed by atoms with Gasteiger partial charge in [0, 0.05) is 15.7 Å². The van der Waals surface area contributed by atoms with E-state index in [0.29, 0.717) is 10.9 Å². The summed E-state index contributed by atoms with van der Waals surface area (Å²) < 4.78 is 0. The number of benzene rings is 1. The molecule has 2 N–H and O–H groups in total. The number of rotatable bonds is 3. The van der Waals surface area contributed by atoms with Gasteiger partial charge in [0.15, 0.2) is 0 Å². The maximum absolute atomic E-state index is 6.00. The molecule has 94 valence electrons. The molecule has 0 aliphatic heterocycles. The van der Waals surface area contributed by atoms with Crippen molar-refractivity contribution in [2.45, 2.75) is 30.9 Å². The molecule has 0 aliphatic carbocycles. The Hall–Kier alpha value is -1.55. The van der Waals surface area contributed by atoms with Crippen molar-refractivity contribution in [1.29, 1.82) is 0 Å². The molecule has 18 heavy (non-hydrogen) atoms. The molecule has 1 heterocycles. The fourth-order valence-electron chi connectivity index (χ4n) is 1.68. The van der Waals surface area contributed by atoms with Gasteiger partial charge < -0.3 is 5.73 Å². The van der Waals surface area contributed by atoms with Crippen molar-refractivity contribution in [2.75, 3.05) is 5.73 Å². The van der Waals surface area contributed by atoms with E-state index in [9.17, 15) is 0 Å². The van der Waals surface area contributed by atoms with Crippen LogP contribution in [0.5, 0.6) is 0 Å². The largest absolute Gasteiger partial charge is 0.395 e. The summed E-state index contributed by atoms with van der Waals surface area (Å²) in [6, 6.07) is 8.33. The van der Waals surface area contributed by atoms with Gasteiger partial charge in [-0.15, -0.1) is 11.8 Å². The van der Waals surface area contributed by atoms with Gasteiger partial charge in [0.05, 0.1) is 17.1 Å². The molecule has 1 aromatic heterocycles. The SMILES string of the molecule is Cc1ncnc(-c2ccc(SC(C)C)cc2)c1N. The van der Waals surface area contributed by atoms with E-state index in [1.807, 2.05) is 18.7 Å². The molecule has 2 aromatic rings. The Morgan fingerprint density at radius 2 is 1.78 bits per heavy atom. The maximum Gasteiger partial charge on any atom is 0.116 e. The van der Waals surface area contributed by atoms with Crippen molar-refractivity contribution >= 4 is 17.4 Å². The summed E-state index contributed by atoms with van der Waals surface area (Å²) in [6.07, 6.45) is 1.55. The van der Waals surface area contributed by atoms with E-state index < -0.39 is 0 Å². The third kappa shape index (κ3) is 2.82. The first kappa shape index (κ1) is 12.9. The highest BCUT2D eigenvalue weighted by Crippen LogP contribution is 2.28. The second-order valence-electron chi connectivity index (χ2n) is 4.41. The summed E-state index contributed by atoms with van der Waals surface area (Å²) >= 11 is 1.85. The Balaban J connectivity index is 2.32. The topological polar surface area (TPSA) is 51.8 Å². The molecule has 0 radical (unpaired) electrons. The third-order valence-electron chi connectivity index (χ3n) is 2.58. The summed E-state index contributed by atoms with van der Waals surface area (Å²) in [5.74, 6) is 0. The number of hydrogen-bond donors (Lipinski definition) is 1. The van der Waals surface area contributed by atoms with Gasteiger partial charge in [0.25, 0.3) is 0 Å². The fourth-order valence-corrected chi connectivity index (χ4v) is 2.51. The molecule has 0 fully saturated rings. The lowest BCUT2D eigenvalue weighted by Gasteiger charge is -2.08. The summed E-state index contributed by atoms with van der Waals surface area (Å²) in [5.41, 5.74) is 9.32. The molecule has 4 heteroatoms. The van der Waals surface area contributed by atoms with E-state index in [1.165, 1.54) is 4.90 Å². The van der Waals surface area contributed by atoms with Crippen LogP contribution in [0.15, 0.2) is 35.5 Å². The van der Waals surface area contributed by atoms with Crippen LogP contribution in [0.3, 0.4) is 0 Å². The molecule has 0 bridgehead atoms. The van der Waals surface area contributed by atoms with Gasteiger partial charge in [-0.3, -0.25) is 0 Å². The minimum Gasteiger partial charge on any atom is -0.395 e. The Morgan fingerprint density at radius 1 is 1.11 bits per heavy atom. The Morgan fingerprint density at radius 3 is 2.39 bits per heavy atom. The normalized spacial score (nSPS) is 10.9. The number of nitrogens with zero attached hydrogens (tertiary/aromatic N) is 2. The number of aryl methyl sites for hydroxylation is 1. The fraction of sp³-hybridized carbons (Fsp3) is 0.286. The predicted octanol–water partition coefficient (Wildman–Crippen LogP) is 3.53. The van der Waals surface area contributed by atoms with Crippen LogP contribution in [-0.2, 0) is 0 Å². The molecule has 1 aromatic carbocycles. The predicted molar refractivity (Wildman–Crippen MR) is 77.6 cm³/mol. The lowest BCUT2D eigenvalue weighted by atomic mass is 10.1. The first-order valence-corrected chi connectivity index (χ1v) is 6.80. The van der Waals surface area contributed by atoms with E-state index in [1.54, 1.807) is 6.33 Å². The molecule has 0 saturated carbocycles. The standard InChI is InChI=1S/C14H17N3S/c1-9(2)18-12-6-4-11(5-7-12)14-13(15)10(3)16-8-17-14/h4-9H,15H2,1-3H3. The molecule has 0 atom stereocenters. The van der Waals surface area contributed by atoms with Gasteiger partial charge in [0.2, 0.25) is 0 Å². The summed E-state index contributed by atoms with van der Waals surface area (Å²) in [5, 5.41) is 0.585. The van der Waals surface area contributed by atoms with Crippen LogP contribution in [0.2, 0.25) is 0 Å². The van der Waals surface area contributed by atoms with Gasteiger partial charge in [-0.05, 0) is 19.1 Å². The van der Waals surface area contributed by atoms with Crippen LogP contribution >= 0.6 is 11.8 Å². The van der Waals surface area contributed by atoms with Crippen LogP contribution in [0.1, 0.15) is 19.5 Å². The number of nitrogens with two attached hydrogens (primary N) is 1. The summed E-state index contributed by atoms with van der Waals surface area (Å²) in [6.45, 7) is 6.26. The molecule has 0 spiro atoms. The second kappa shape index (κ2) is 5.40. The van der Waals surface area contributed by atoms with Crippen LogP contribution in [0.25, 0.3) is 11.3 Å². The summed E-state index contributed by atoms with van der Waals surface area (Å²) in [7, 11) is 0. The van der Waals surface area contributed by atoms with Crippen molar-refractivity contribution in [3.05, 3.63) is 36.3 Å². The van der Waals surface area contributed by atoms with Crippen molar-refractivity contribution in [1.82, 2.24) is 9.97 Å². The number of anilines is 1. The molecule has 0 saturated heterocycles. The molecule has 0 unspecified atom stereocenters. The van der Waals surface area contributed by atoms with Gasteiger partial charge in [-0.25, -0.2) is 9.97 Å². The van der Waals surface area contributed by atoms with Gasteiger partial charge in [-0.2, -0.15) is 0 Å². The first-order chi connectivity index (χ1) is 8.58. The van der Waals surface area contributed by atoms with Crippen molar-refractivity contribution in [3.63, 3.8) is 0 Å². The zero-order valence-corrected chi connectivity index (χ0v) is 11.7. The van der Waals surface area contributed by atoms with Crippen LogP contribution in [-0.4, -0.2) is 15.2 Å². The summed E-state index contributed by atoms with van der Waals surface area (Å²) in [4.78, 5) is 9.60. The average Bonchev–Trinajstić information content (AvgIpc) is 2.33. The average molecular weight is 259 g/mol. The highest BCUT2D eigenvalue weighted by molar-refractivity contribution is 7.99. The third-order valence-corrected chi connectivity index (χ3v) is 3.60. The lowest BCUT2D eigenvalue weighted by molar-refractivity contribution is 1.11. The molecular formula is C14H17N3S. The van der Waals surface area contributed by atoms with E-state index in [0.717, 1.165) is 17.0 Å². The van der Waals surface area contributed by atoms with E-state index in [-0.39, 0.29) is 0 Å². The molecular weight excluding hydrogens is 242 g/mol. The zero-order chi connectivity index (χ0) is 13.1. The van der Waals surface area contributed by atoms with Crippen molar-refractivity contribution < 1.29 is 0 Å². The van der Waals surface area contributed by atoms with Crippen LogP contribution < -0.4 is 5.73 Å². The molecule has 0 aliphatic rings. The van der Waals surface area contributed by atoms with Gasteiger partial charge in [0.1, 0.15) is 6.33 Å². The smallest absolute Gasteiger partial charge is 0.116 e. The monoisotopic (exact) mass is 259 g/mol. The number of nitrogen functional groups attached to an aromatic ring is 1. The molecule has 2 rings (SSSR count). The van der Waals surface area contributed by atoms with E-state index in [4.69, 9.17) is 5.73 Å². The Kier molecular flexibility index (Phi) is 3.87. The van der Waals surface area contributed by atoms with Gasteiger partial charge >= 0.3 is 0 Å². The number of aromatic nitrogens is 2. The molecule has 3 nitrogen and oxygen atoms in total. The lowest BCUT2D eigenvalue weighted by Crippen LogP contribution is -1.98. The highest BCUT2D eigenvalue weighted by Gasteiger charge is 2.07. The van der Waals surface area contributed by atoms with Crippen molar-refractivity contribution in [2.24, 2.45) is 0 Å². The zero-order valence-electron chi connectivity index (χ0n) is 10.8. The maximum atomic E-state index is 6.00. The van der Waals surface area contributed by atoms with E-state index in [2.05, 4.69) is 48.1 Å². The quantitative estimate of drug-likeness (QED) is 0.857. The minimum atomic E-state index is 0.585. The van der Waals surface area contributed by atoms with E-state index >= 15 is 0 Å². The number of hydrogen-bond acceptors (Lipinski definition) is 4. The van der Waals surface area contributed by atoms with Crippen molar-refractivity contribution in [3.8, 4) is 11.3 Å². The second-order valence-corrected chi connectivity index (χ2v) is 6.06. The first-order valence-electron chi connectivity index (χ1n) is 5.92. The minimum absolute atomic E-state index is 0.585. The highest BCUT2D eigenvalue weighted by atomic mass is 32.2. The molecule has 0 amide bonds. The van der Waals surface area contributed by atoms with Crippen LogP contribution in [0, 0.1) is 6.92 Å². The van der Waals surface area contributed by atoms with Gasteiger partial charge in [-0.1, -0.05) is 26.0 Å². The Labute approximate surface area is 112 Å². The number of thioether (sulfide) groups is 1. The van der Waals surface area contributed by atoms with Crippen LogP contribution in [0.4, 0.5) is 5.69 Å². The Bertz CT molecular complexity index is 535.